The number of aromatic nitrogens is 3. The van der Waals surface area contributed by atoms with Crippen molar-refractivity contribution >= 4 is 17.6 Å². The number of anilines is 1. The van der Waals surface area contributed by atoms with Crippen LogP contribution >= 0.6 is 0 Å². The van der Waals surface area contributed by atoms with Gasteiger partial charge in [0.15, 0.2) is 0 Å². The number of carboxylic acid groups (broad SMARTS) is 1. The lowest BCUT2D eigenvalue weighted by atomic mass is 10.1. The summed E-state index contributed by atoms with van der Waals surface area (Å²) in [4.78, 5) is 22.1. The molecule has 1 amide bonds. The zero-order valence-electron chi connectivity index (χ0n) is 11.1. The average Bonchev–Trinajstić information content (AvgIpc) is 2.86. The van der Waals surface area contributed by atoms with E-state index in [2.05, 4.69) is 15.6 Å². The van der Waals surface area contributed by atoms with Crippen LogP contribution in [0, 0.1) is 0 Å². The Morgan fingerprint density at radius 3 is 2.80 bits per heavy atom. The molecule has 7 heteroatoms. The van der Waals surface area contributed by atoms with Gasteiger partial charge in [-0.2, -0.15) is 0 Å². The molecule has 0 bridgehead atoms. The van der Waals surface area contributed by atoms with Gasteiger partial charge in [0.25, 0.3) is 0 Å². The summed E-state index contributed by atoms with van der Waals surface area (Å²) in [7, 11) is 0. The lowest BCUT2D eigenvalue weighted by molar-refractivity contribution is -0.140. The SMILES string of the molecule is CC(=O)Nc1cccc(-c2cnnn2C(C)C(=O)O)c1. The van der Waals surface area contributed by atoms with Crippen molar-refractivity contribution in [1.29, 1.82) is 0 Å². The van der Waals surface area contributed by atoms with E-state index < -0.39 is 12.0 Å². The summed E-state index contributed by atoms with van der Waals surface area (Å²) in [6.07, 6.45) is 1.49. The summed E-state index contributed by atoms with van der Waals surface area (Å²) in [5.74, 6) is -1.16. The van der Waals surface area contributed by atoms with E-state index in [1.807, 2.05) is 0 Å². The van der Waals surface area contributed by atoms with Gasteiger partial charge in [-0.25, -0.2) is 9.48 Å². The van der Waals surface area contributed by atoms with Crippen molar-refractivity contribution in [2.45, 2.75) is 19.9 Å². The Hall–Kier alpha value is -2.70. The fraction of sp³-hybridized carbons (Fsp3) is 0.231. The molecule has 1 unspecified atom stereocenters. The fourth-order valence-electron chi connectivity index (χ4n) is 1.80. The monoisotopic (exact) mass is 274 g/mol. The van der Waals surface area contributed by atoms with Crippen molar-refractivity contribution in [3.63, 3.8) is 0 Å². The molecule has 0 spiro atoms. The Balaban J connectivity index is 2.40. The van der Waals surface area contributed by atoms with Crippen LogP contribution in [0.5, 0.6) is 0 Å². The van der Waals surface area contributed by atoms with Crippen LogP contribution in [-0.2, 0) is 9.59 Å². The van der Waals surface area contributed by atoms with Crippen LogP contribution in [0.15, 0.2) is 30.5 Å². The lowest BCUT2D eigenvalue weighted by Crippen LogP contribution is -2.17. The quantitative estimate of drug-likeness (QED) is 0.881. The van der Waals surface area contributed by atoms with Gasteiger partial charge in [-0.1, -0.05) is 17.3 Å². The lowest BCUT2D eigenvalue weighted by Gasteiger charge is -2.11. The minimum absolute atomic E-state index is 0.173. The Labute approximate surface area is 115 Å². The van der Waals surface area contributed by atoms with Gasteiger partial charge in [0.05, 0.1) is 11.9 Å². The van der Waals surface area contributed by atoms with Crippen LogP contribution in [0.1, 0.15) is 19.9 Å². The highest BCUT2D eigenvalue weighted by atomic mass is 16.4. The maximum absolute atomic E-state index is 11.1. The van der Waals surface area contributed by atoms with Gasteiger partial charge in [-0.05, 0) is 19.1 Å². The van der Waals surface area contributed by atoms with Gasteiger partial charge < -0.3 is 10.4 Å². The summed E-state index contributed by atoms with van der Waals surface area (Å²) in [5, 5.41) is 19.3. The number of nitrogens with one attached hydrogen (secondary N) is 1. The number of hydrogen-bond acceptors (Lipinski definition) is 4. The van der Waals surface area contributed by atoms with E-state index in [1.165, 1.54) is 24.7 Å². The first-order valence-electron chi connectivity index (χ1n) is 6.00. The van der Waals surface area contributed by atoms with Crippen LogP contribution in [-0.4, -0.2) is 32.0 Å². The molecule has 1 aromatic heterocycles. The molecule has 0 aliphatic carbocycles. The molecule has 20 heavy (non-hydrogen) atoms. The fourth-order valence-corrected chi connectivity index (χ4v) is 1.80. The van der Waals surface area contributed by atoms with E-state index in [0.29, 0.717) is 11.4 Å². The van der Waals surface area contributed by atoms with Crippen LogP contribution in [0.4, 0.5) is 5.69 Å². The van der Waals surface area contributed by atoms with Gasteiger partial charge in [-0.3, -0.25) is 4.79 Å². The van der Waals surface area contributed by atoms with Crippen LogP contribution < -0.4 is 5.32 Å². The standard InChI is InChI=1S/C13H14N4O3/c1-8(13(19)20)17-12(7-14-16-17)10-4-3-5-11(6-10)15-9(2)18/h3-8H,1-2H3,(H,15,18)(H,19,20). The second kappa shape index (κ2) is 5.52. The highest BCUT2D eigenvalue weighted by Gasteiger charge is 2.18. The molecule has 1 atom stereocenters. The van der Waals surface area contributed by atoms with Crippen LogP contribution in [0.3, 0.4) is 0 Å². The first-order chi connectivity index (χ1) is 9.49. The third-order valence-electron chi connectivity index (χ3n) is 2.78. The molecule has 0 aliphatic rings. The summed E-state index contributed by atoms with van der Waals surface area (Å²) < 4.78 is 1.33. The first kappa shape index (κ1) is 13.7. The normalized spacial score (nSPS) is 11.9. The number of carbonyl (C=O) groups is 2. The van der Waals surface area contributed by atoms with Crippen LogP contribution in [0.25, 0.3) is 11.3 Å². The summed E-state index contributed by atoms with van der Waals surface area (Å²) in [5.41, 5.74) is 1.94. The van der Waals surface area contributed by atoms with Crippen LogP contribution in [0.2, 0.25) is 0 Å². The predicted octanol–water partition coefficient (Wildman–Crippen LogP) is 1.55. The molecule has 0 aliphatic heterocycles. The Bertz CT molecular complexity index is 651. The molecule has 0 radical (unpaired) electrons. The highest BCUT2D eigenvalue weighted by molar-refractivity contribution is 5.89. The third-order valence-corrected chi connectivity index (χ3v) is 2.78. The summed E-state index contributed by atoms with van der Waals surface area (Å²) >= 11 is 0. The maximum atomic E-state index is 11.1. The minimum atomic E-state index is -0.991. The van der Waals surface area contributed by atoms with Gasteiger partial charge in [0.1, 0.15) is 6.04 Å². The molecule has 2 N–H and O–H groups in total. The molecule has 0 fully saturated rings. The Kier molecular flexibility index (Phi) is 3.79. The minimum Gasteiger partial charge on any atom is -0.480 e. The zero-order valence-corrected chi connectivity index (χ0v) is 11.1. The molecule has 0 saturated carbocycles. The van der Waals surface area contributed by atoms with E-state index in [0.717, 1.165) is 5.56 Å². The largest absolute Gasteiger partial charge is 0.480 e. The third kappa shape index (κ3) is 2.82. The second-order valence-electron chi connectivity index (χ2n) is 4.34. The average molecular weight is 274 g/mol. The second-order valence-corrected chi connectivity index (χ2v) is 4.34. The molecular formula is C13H14N4O3. The number of nitrogens with zero attached hydrogens (tertiary/aromatic N) is 3. The van der Waals surface area contributed by atoms with E-state index >= 15 is 0 Å². The number of hydrogen-bond donors (Lipinski definition) is 2. The number of carbonyl (C=O) groups excluding carboxylic acids is 1. The molecule has 1 heterocycles. The molecular weight excluding hydrogens is 260 g/mol. The van der Waals surface area contributed by atoms with E-state index in [-0.39, 0.29) is 5.91 Å². The van der Waals surface area contributed by atoms with Crippen molar-refractivity contribution in [3.05, 3.63) is 30.5 Å². The maximum Gasteiger partial charge on any atom is 0.328 e. The van der Waals surface area contributed by atoms with E-state index in [1.54, 1.807) is 24.3 Å². The van der Waals surface area contributed by atoms with Crippen molar-refractivity contribution < 1.29 is 14.7 Å². The predicted molar refractivity (Wildman–Crippen MR) is 72.1 cm³/mol. The van der Waals surface area contributed by atoms with Gasteiger partial charge in [0.2, 0.25) is 5.91 Å². The molecule has 2 rings (SSSR count). The Morgan fingerprint density at radius 1 is 1.40 bits per heavy atom. The van der Waals surface area contributed by atoms with Gasteiger partial charge in [0, 0.05) is 18.2 Å². The van der Waals surface area contributed by atoms with Crippen molar-refractivity contribution in [2.24, 2.45) is 0 Å². The molecule has 7 nitrogen and oxygen atoms in total. The van der Waals surface area contributed by atoms with E-state index in [9.17, 15) is 9.59 Å². The molecule has 1 aromatic carbocycles. The summed E-state index contributed by atoms with van der Waals surface area (Å²) in [6, 6.07) is 6.24. The van der Waals surface area contributed by atoms with Gasteiger partial charge in [-0.15, -0.1) is 5.10 Å². The topological polar surface area (TPSA) is 97.1 Å². The Morgan fingerprint density at radius 2 is 2.15 bits per heavy atom. The zero-order chi connectivity index (χ0) is 14.7. The number of aliphatic carboxylic acids is 1. The molecule has 104 valence electrons. The number of carboxylic acids is 1. The van der Waals surface area contributed by atoms with Crippen molar-refractivity contribution in [1.82, 2.24) is 15.0 Å². The first-order valence-corrected chi connectivity index (χ1v) is 6.00. The highest BCUT2D eigenvalue weighted by Crippen LogP contribution is 2.24. The van der Waals surface area contributed by atoms with Crippen molar-refractivity contribution in [3.8, 4) is 11.3 Å². The smallest absolute Gasteiger partial charge is 0.328 e. The van der Waals surface area contributed by atoms with E-state index in [4.69, 9.17) is 5.11 Å². The number of benzene rings is 1. The number of amides is 1. The number of rotatable bonds is 4. The summed E-state index contributed by atoms with van der Waals surface area (Å²) in [6.45, 7) is 2.95. The molecule has 2 aromatic rings. The van der Waals surface area contributed by atoms with Crippen molar-refractivity contribution in [2.75, 3.05) is 5.32 Å². The molecule has 0 saturated heterocycles. The van der Waals surface area contributed by atoms with Gasteiger partial charge >= 0.3 is 5.97 Å².